The van der Waals surface area contributed by atoms with Crippen LogP contribution in [0.15, 0.2) is 24.3 Å². The highest BCUT2D eigenvalue weighted by Gasteiger charge is 2.35. The third-order valence-electron chi connectivity index (χ3n) is 4.01. The van der Waals surface area contributed by atoms with E-state index in [0.717, 1.165) is 6.54 Å². The van der Waals surface area contributed by atoms with Crippen LogP contribution in [0.1, 0.15) is 44.7 Å². The zero-order valence-electron chi connectivity index (χ0n) is 12.9. The molecule has 20 heavy (non-hydrogen) atoms. The summed E-state index contributed by atoms with van der Waals surface area (Å²) in [5.74, 6) is 0.0842. The Bertz CT molecular complexity index is 459. The number of ether oxygens (including phenoxy) is 1. The Morgan fingerprint density at radius 3 is 2.45 bits per heavy atom. The van der Waals surface area contributed by atoms with E-state index >= 15 is 0 Å². The molecule has 0 aromatic heterocycles. The summed E-state index contributed by atoms with van der Waals surface area (Å²) < 4.78 is 5.18. The maximum atomic E-state index is 12.0. The zero-order chi connectivity index (χ0) is 14.8. The summed E-state index contributed by atoms with van der Waals surface area (Å²) in [6.45, 7) is 10.5. The molecule has 3 heteroatoms. The molecule has 0 unspecified atom stereocenters. The quantitative estimate of drug-likeness (QED) is 0.862. The molecule has 1 aromatic carbocycles. The van der Waals surface area contributed by atoms with E-state index < -0.39 is 0 Å². The van der Waals surface area contributed by atoms with Crippen molar-refractivity contribution in [2.24, 2.45) is 5.92 Å². The van der Waals surface area contributed by atoms with E-state index in [1.165, 1.54) is 11.1 Å². The normalized spacial score (nSPS) is 22.8. The van der Waals surface area contributed by atoms with E-state index in [2.05, 4.69) is 50.4 Å². The Kier molecular flexibility index (Phi) is 4.48. The molecular formula is C17H25NO2. The topological polar surface area (TPSA) is 38.3 Å². The summed E-state index contributed by atoms with van der Waals surface area (Å²) in [6.07, 6.45) is 0. The van der Waals surface area contributed by atoms with Crippen molar-refractivity contribution in [1.29, 1.82) is 0 Å². The zero-order valence-corrected chi connectivity index (χ0v) is 12.9. The van der Waals surface area contributed by atoms with Gasteiger partial charge in [0.15, 0.2) is 0 Å². The van der Waals surface area contributed by atoms with E-state index in [4.69, 9.17) is 4.74 Å². The average Bonchev–Trinajstić information content (AvgIpc) is 2.87. The van der Waals surface area contributed by atoms with Gasteiger partial charge in [-0.15, -0.1) is 0 Å². The predicted molar refractivity (Wildman–Crippen MR) is 80.9 cm³/mol. The Hall–Kier alpha value is -1.35. The van der Waals surface area contributed by atoms with Crippen molar-refractivity contribution in [1.82, 2.24) is 5.32 Å². The maximum Gasteiger partial charge on any atom is 0.310 e. The molecule has 0 bridgehead atoms. The first-order chi connectivity index (χ1) is 9.43. The monoisotopic (exact) mass is 275 g/mol. The highest BCUT2D eigenvalue weighted by atomic mass is 16.5. The summed E-state index contributed by atoms with van der Waals surface area (Å²) in [7, 11) is 0. The molecule has 2 atom stereocenters. The summed E-state index contributed by atoms with van der Waals surface area (Å²) in [4.78, 5) is 12.0. The van der Waals surface area contributed by atoms with E-state index in [1.54, 1.807) is 0 Å². The van der Waals surface area contributed by atoms with Gasteiger partial charge < -0.3 is 10.1 Å². The second-order valence-corrected chi connectivity index (χ2v) is 6.50. The van der Waals surface area contributed by atoms with Crippen molar-refractivity contribution in [3.05, 3.63) is 35.4 Å². The van der Waals surface area contributed by atoms with Gasteiger partial charge in [-0.05, 0) is 23.5 Å². The first kappa shape index (κ1) is 15.0. The van der Waals surface area contributed by atoms with Gasteiger partial charge in [-0.25, -0.2) is 0 Å². The lowest BCUT2D eigenvalue weighted by atomic mass is 9.83. The summed E-state index contributed by atoms with van der Waals surface area (Å²) in [5, 5.41) is 3.30. The van der Waals surface area contributed by atoms with Crippen LogP contribution in [0.2, 0.25) is 0 Å². The van der Waals surface area contributed by atoms with Crippen LogP contribution in [0.3, 0.4) is 0 Å². The van der Waals surface area contributed by atoms with Gasteiger partial charge in [0.05, 0.1) is 12.5 Å². The van der Waals surface area contributed by atoms with Crippen LogP contribution in [-0.2, 0) is 14.9 Å². The Balaban J connectivity index is 2.16. The number of carbonyl (C=O) groups is 1. The van der Waals surface area contributed by atoms with Crippen molar-refractivity contribution in [2.45, 2.75) is 39.0 Å². The molecule has 2 rings (SSSR count). The molecule has 0 spiro atoms. The Morgan fingerprint density at radius 2 is 1.90 bits per heavy atom. The van der Waals surface area contributed by atoms with Gasteiger partial charge in [-0.2, -0.15) is 0 Å². The lowest BCUT2D eigenvalue weighted by Crippen LogP contribution is -2.24. The van der Waals surface area contributed by atoms with E-state index in [9.17, 15) is 4.79 Å². The molecule has 0 saturated carbocycles. The number of hydrogen-bond acceptors (Lipinski definition) is 3. The van der Waals surface area contributed by atoms with Gasteiger partial charge in [0.1, 0.15) is 0 Å². The number of esters is 1. The van der Waals surface area contributed by atoms with Crippen LogP contribution >= 0.6 is 0 Å². The van der Waals surface area contributed by atoms with Gasteiger partial charge >= 0.3 is 5.97 Å². The fourth-order valence-corrected chi connectivity index (χ4v) is 2.76. The molecule has 1 aliphatic rings. The standard InChI is InChI=1S/C17H25NO2/c1-5-20-16(19)15-11-18-10-14(15)12-6-8-13(9-7-12)17(2,3)4/h6-9,14-15,18H,5,10-11H2,1-4H3/t14-,15+/m0/s1. The lowest BCUT2D eigenvalue weighted by molar-refractivity contribution is -0.147. The van der Waals surface area contributed by atoms with Gasteiger partial charge in [0.2, 0.25) is 0 Å². The van der Waals surface area contributed by atoms with Crippen molar-refractivity contribution in [3.63, 3.8) is 0 Å². The number of rotatable bonds is 3. The van der Waals surface area contributed by atoms with Gasteiger partial charge in [0, 0.05) is 19.0 Å². The van der Waals surface area contributed by atoms with Crippen LogP contribution in [0.5, 0.6) is 0 Å². The fraction of sp³-hybridized carbons (Fsp3) is 0.588. The van der Waals surface area contributed by atoms with E-state index in [0.29, 0.717) is 13.2 Å². The minimum Gasteiger partial charge on any atom is -0.466 e. The van der Waals surface area contributed by atoms with Crippen LogP contribution in [0.25, 0.3) is 0 Å². The van der Waals surface area contributed by atoms with Crippen LogP contribution in [0.4, 0.5) is 0 Å². The molecular weight excluding hydrogens is 250 g/mol. The molecule has 0 aliphatic carbocycles. The summed E-state index contributed by atoms with van der Waals surface area (Å²) >= 11 is 0. The third-order valence-corrected chi connectivity index (χ3v) is 4.01. The highest BCUT2D eigenvalue weighted by Crippen LogP contribution is 2.31. The van der Waals surface area contributed by atoms with E-state index in [-0.39, 0.29) is 23.2 Å². The Labute approximate surface area is 121 Å². The predicted octanol–water partition coefficient (Wildman–Crippen LogP) is 2.85. The van der Waals surface area contributed by atoms with Crippen LogP contribution in [0, 0.1) is 5.92 Å². The average molecular weight is 275 g/mol. The largest absolute Gasteiger partial charge is 0.466 e. The first-order valence-electron chi connectivity index (χ1n) is 7.41. The van der Waals surface area contributed by atoms with Crippen molar-refractivity contribution in [2.75, 3.05) is 19.7 Å². The number of nitrogens with one attached hydrogen (secondary N) is 1. The molecule has 0 amide bonds. The van der Waals surface area contributed by atoms with Gasteiger partial charge in [0.25, 0.3) is 0 Å². The number of carbonyl (C=O) groups excluding carboxylic acids is 1. The molecule has 0 radical (unpaired) electrons. The minimum atomic E-state index is -0.0811. The third kappa shape index (κ3) is 3.21. The fourth-order valence-electron chi connectivity index (χ4n) is 2.76. The first-order valence-corrected chi connectivity index (χ1v) is 7.41. The molecule has 110 valence electrons. The molecule has 1 aliphatic heterocycles. The Morgan fingerprint density at radius 1 is 1.25 bits per heavy atom. The lowest BCUT2D eigenvalue weighted by Gasteiger charge is -2.21. The maximum absolute atomic E-state index is 12.0. The summed E-state index contributed by atoms with van der Waals surface area (Å²) in [6, 6.07) is 8.67. The SMILES string of the molecule is CCOC(=O)[C@@H]1CNC[C@H]1c1ccc(C(C)(C)C)cc1. The smallest absolute Gasteiger partial charge is 0.310 e. The second-order valence-electron chi connectivity index (χ2n) is 6.50. The number of hydrogen-bond donors (Lipinski definition) is 1. The van der Waals surface area contributed by atoms with Gasteiger partial charge in [-0.1, -0.05) is 45.0 Å². The van der Waals surface area contributed by atoms with Crippen molar-refractivity contribution in [3.8, 4) is 0 Å². The van der Waals surface area contributed by atoms with E-state index in [1.807, 2.05) is 6.92 Å². The molecule has 1 saturated heterocycles. The second kappa shape index (κ2) is 5.96. The molecule has 1 fully saturated rings. The summed E-state index contributed by atoms with van der Waals surface area (Å²) in [5.41, 5.74) is 2.70. The van der Waals surface area contributed by atoms with Crippen LogP contribution < -0.4 is 5.32 Å². The van der Waals surface area contributed by atoms with Crippen molar-refractivity contribution < 1.29 is 9.53 Å². The molecule has 1 aromatic rings. The number of benzene rings is 1. The highest BCUT2D eigenvalue weighted by molar-refractivity contribution is 5.74. The van der Waals surface area contributed by atoms with Gasteiger partial charge in [-0.3, -0.25) is 4.79 Å². The minimum absolute atomic E-state index is 0.0598. The van der Waals surface area contributed by atoms with Crippen LogP contribution in [-0.4, -0.2) is 25.7 Å². The van der Waals surface area contributed by atoms with Crippen molar-refractivity contribution >= 4 is 5.97 Å². The molecule has 1 heterocycles. The molecule has 1 N–H and O–H groups in total. The molecule has 3 nitrogen and oxygen atoms in total.